The van der Waals surface area contributed by atoms with E-state index in [0.717, 1.165) is 30.4 Å². The van der Waals surface area contributed by atoms with Gasteiger partial charge >= 0.3 is 0 Å². The predicted molar refractivity (Wildman–Crippen MR) is 63.3 cm³/mol. The third-order valence-electron chi connectivity index (χ3n) is 3.28. The number of hydrogen-bond acceptors (Lipinski definition) is 2. The van der Waals surface area contributed by atoms with E-state index in [-0.39, 0.29) is 0 Å². The molecule has 1 saturated heterocycles. The Morgan fingerprint density at radius 2 is 2.11 bits per heavy atom. The lowest BCUT2D eigenvalue weighted by Gasteiger charge is -2.27. The van der Waals surface area contributed by atoms with E-state index in [4.69, 9.17) is 0 Å². The second-order valence-electron chi connectivity index (χ2n) is 4.55. The lowest BCUT2D eigenvalue weighted by atomic mass is 10.00. The highest BCUT2D eigenvalue weighted by molar-refractivity contribution is 5.20. The molecule has 0 radical (unpaired) electrons. The molecule has 2 heterocycles. The van der Waals surface area contributed by atoms with Crippen LogP contribution in [0.4, 0.5) is 8.78 Å². The predicted octanol–water partition coefficient (Wildman–Crippen LogP) is 1.90. The third-order valence-corrected chi connectivity index (χ3v) is 3.28. The summed E-state index contributed by atoms with van der Waals surface area (Å²) < 4.78 is 28.0. The molecule has 0 bridgehead atoms. The van der Waals surface area contributed by atoms with Gasteiger partial charge in [-0.3, -0.25) is 0 Å². The van der Waals surface area contributed by atoms with Gasteiger partial charge in [-0.1, -0.05) is 6.07 Å². The summed E-state index contributed by atoms with van der Waals surface area (Å²) in [5.74, 6) is -1.15. The van der Waals surface area contributed by atoms with Crippen molar-refractivity contribution in [3.63, 3.8) is 0 Å². The van der Waals surface area contributed by atoms with E-state index in [1.165, 1.54) is 6.07 Å². The Bertz CT molecular complexity index is 561. The Morgan fingerprint density at radius 1 is 1.28 bits per heavy atom. The molecule has 2 aromatic rings. The van der Waals surface area contributed by atoms with Gasteiger partial charge in [0.25, 0.3) is 0 Å². The maximum absolute atomic E-state index is 13.1. The fourth-order valence-electron chi connectivity index (χ4n) is 2.14. The van der Waals surface area contributed by atoms with Crippen molar-refractivity contribution in [2.75, 3.05) is 13.1 Å². The van der Waals surface area contributed by atoms with Crippen LogP contribution in [-0.4, -0.2) is 22.6 Å². The first-order valence-electron chi connectivity index (χ1n) is 5.88. The van der Waals surface area contributed by atoms with Crippen molar-refractivity contribution in [2.24, 2.45) is 0 Å². The van der Waals surface area contributed by atoms with E-state index in [1.807, 2.05) is 10.8 Å². The van der Waals surface area contributed by atoms with Gasteiger partial charge in [-0.25, -0.2) is 13.8 Å². The quantitative estimate of drug-likeness (QED) is 0.900. The number of benzene rings is 1. The zero-order valence-corrected chi connectivity index (χ0v) is 9.74. The maximum Gasteiger partial charge on any atom is 0.159 e. The van der Waals surface area contributed by atoms with E-state index in [2.05, 4.69) is 10.3 Å². The summed E-state index contributed by atoms with van der Waals surface area (Å²) in [5, 5.41) is 3.21. The Labute approximate surface area is 103 Å². The SMILES string of the molecule is Fc1ccc(Cn2cncc2C2CNC2)cc1F. The number of hydrogen-bond donors (Lipinski definition) is 1. The molecule has 0 atom stereocenters. The zero-order chi connectivity index (χ0) is 12.5. The average molecular weight is 249 g/mol. The molecule has 18 heavy (non-hydrogen) atoms. The lowest BCUT2D eigenvalue weighted by molar-refractivity contribution is 0.427. The molecule has 1 aliphatic rings. The van der Waals surface area contributed by atoms with Gasteiger partial charge in [-0.15, -0.1) is 0 Å². The monoisotopic (exact) mass is 249 g/mol. The lowest BCUT2D eigenvalue weighted by Crippen LogP contribution is -2.40. The molecule has 94 valence electrons. The molecule has 0 spiro atoms. The Kier molecular flexibility index (Phi) is 2.83. The summed E-state index contributed by atoms with van der Waals surface area (Å²) in [6, 6.07) is 3.99. The molecule has 3 rings (SSSR count). The molecule has 1 fully saturated rings. The van der Waals surface area contributed by atoms with Gasteiger partial charge in [-0.2, -0.15) is 0 Å². The second-order valence-corrected chi connectivity index (χ2v) is 4.55. The van der Waals surface area contributed by atoms with Crippen LogP contribution < -0.4 is 5.32 Å². The van der Waals surface area contributed by atoms with E-state index >= 15 is 0 Å². The summed E-state index contributed by atoms with van der Waals surface area (Å²) in [5.41, 5.74) is 1.87. The van der Waals surface area contributed by atoms with E-state index in [1.54, 1.807) is 12.4 Å². The first-order chi connectivity index (χ1) is 8.74. The van der Waals surface area contributed by atoms with Gasteiger partial charge in [0.15, 0.2) is 11.6 Å². The van der Waals surface area contributed by atoms with Gasteiger partial charge in [0, 0.05) is 37.4 Å². The zero-order valence-electron chi connectivity index (χ0n) is 9.74. The number of halogens is 2. The van der Waals surface area contributed by atoms with E-state index < -0.39 is 11.6 Å². The van der Waals surface area contributed by atoms with Crippen molar-refractivity contribution >= 4 is 0 Å². The summed E-state index contributed by atoms with van der Waals surface area (Å²) in [7, 11) is 0. The van der Waals surface area contributed by atoms with Crippen LogP contribution in [-0.2, 0) is 6.54 Å². The van der Waals surface area contributed by atoms with Crippen molar-refractivity contribution in [2.45, 2.75) is 12.5 Å². The number of nitrogens with one attached hydrogen (secondary N) is 1. The van der Waals surface area contributed by atoms with Crippen LogP contribution in [0.5, 0.6) is 0 Å². The molecule has 0 aliphatic carbocycles. The number of aromatic nitrogens is 2. The Balaban J connectivity index is 1.83. The third kappa shape index (κ3) is 2.01. The molecule has 5 heteroatoms. The van der Waals surface area contributed by atoms with Crippen LogP contribution >= 0.6 is 0 Å². The number of nitrogens with zero attached hydrogens (tertiary/aromatic N) is 2. The summed E-state index contributed by atoms with van der Waals surface area (Å²) in [6.07, 6.45) is 3.57. The fourth-order valence-corrected chi connectivity index (χ4v) is 2.14. The smallest absolute Gasteiger partial charge is 0.159 e. The van der Waals surface area contributed by atoms with Crippen LogP contribution in [0.3, 0.4) is 0 Å². The van der Waals surface area contributed by atoms with Crippen LogP contribution in [0.2, 0.25) is 0 Å². The van der Waals surface area contributed by atoms with Crippen molar-refractivity contribution in [1.29, 1.82) is 0 Å². The average Bonchev–Trinajstić information content (AvgIpc) is 2.70. The van der Waals surface area contributed by atoms with Gasteiger partial charge in [0.1, 0.15) is 0 Å². The van der Waals surface area contributed by atoms with Crippen LogP contribution in [0, 0.1) is 11.6 Å². The normalized spacial score (nSPS) is 15.7. The molecule has 0 saturated carbocycles. The van der Waals surface area contributed by atoms with Gasteiger partial charge in [0.2, 0.25) is 0 Å². The van der Waals surface area contributed by atoms with Crippen LogP contribution in [0.1, 0.15) is 17.2 Å². The van der Waals surface area contributed by atoms with E-state index in [9.17, 15) is 8.78 Å². The topological polar surface area (TPSA) is 29.9 Å². The van der Waals surface area contributed by atoms with Gasteiger partial charge in [-0.05, 0) is 17.7 Å². The highest BCUT2D eigenvalue weighted by atomic mass is 19.2. The van der Waals surface area contributed by atoms with Gasteiger partial charge in [0.05, 0.1) is 6.33 Å². The summed E-state index contributed by atoms with van der Waals surface area (Å²) >= 11 is 0. The Hall–Kier alpha value is -1.75. The summed E-state index contributed by atoms with van der Waals surface area (Å²) in [4.78, 5) is 4.13. The van der Waals surface area contributed by atoms with Crippen molar-refractivity contribution in [1.82, 2.24) is 14.9 Å². The minimum atomic E-state index is -0.812. The van der Waals surface area contributed by atoms with Crippen molar-refractivity contribution in [3.05, 3.63) is 53.6 Å². The molecule has 3 nitrogen and oxygen atoms in total. The fraction of sp³-hybridized carbons (Fsp3) is 0.308. The minimum absolute atomic E-state index is 0.470. The van der Waals surface area contributed by atoms with E-state index in [0.29, 0.717) is 12.5 Å². The minimum Gasteiger partial charge on any atom is -0.330 e. The Morgan fingerprint density at radius 3 is 2.78 bits per heavy atom. The molecule has 0 amide bonds. The van der Waals surface area contributed by atoms with Crippen molar-refractivity contribution < 1.29 is 8.78 Å². The molecule has 1 aromatic heterocycles. The molecule has 1 N–H and O–H groups in total. The largest absolute Gasteiger partial charge is 0.330 e. The molecule has 1 aliphatic heterocycles. The highest BCUT2D eigenvalue weighted by Crippen LogP contribution is 2.20. The number of rotatable bonds is 3. The van der Waals surface area contributed by atoms with Crippen LogP contribution in [0.25, 0.3) is 0 Å². The molecule has 1 aromatic carbocycles. The molecule has 0 unspecified atom stereocenters. The standard InChI is InChI=1S/C13H13F2N3/c14-11-2-1-9(3-12(11)15)7-18-8-17-6-13(18)10-4-16-5-10/h1-3,6,8,10,16H,4-5,7H2. The van der Waals surface area contributed by atoms with Crippen LogP contribution in [0.15, 0.2) is 30.7 Å². The summed E-state index contributed by atoms with van der Waals surface area (Å²) in [6.45, 7) is 2.41. The van der Waals surface area contributed by atoms with Gasteiger partial charge < -0.3 is 9.88 Å². The first-order valence-corrected chi connectivity index (χ1v) is 5.88. The molecular formula is C13H13F2N3. The maximum atomic E-state index is 13.1. The highest BCUT2D eigenvalue weighted by Gasteiger charge is 2.22. The second kappa shape index (κ2) is 4.49. The van der Waals surface area contributed by atoms with Crippen molar-refractivity contribution in [3.8, 4) is 0 Å². The first kappa shape index (κ1) is 11.3. The number of imidazole rings is 1. The molecular weight excluding hydrogens is 236 g/mol.